The number of carbonyl (C=O) groups excluding carboxylic acids is 2. The zero-order valence-corrected chi connectivity index (χ0v) is 9.82. The van der Waals surface area contributed by atoms with E-state index in [1.54, 1.807) is 0 Å². The molecule has 2 amide bonds. The van der Waals surface area contributed by atoms with Crippen LogP contribution in [0.25, 0.3) is 0 Å². The molecule has 16 heavy (non-hydrogen) atoms. The monoisotopic (exact) mass is 225 g/mol. The van der Waals surface area contributed by atoms with Gasteiger partial charge in [0.15, 0.2) is 0 Å². The average Bonchev–Trinajstić information content (AvgIpc) is 2.71. The van der Waals surface area contributed by atoms with Crippen LogP contribution in [0.4, 0.5) is 0 Å². The molecule has 0 spiro atoms. The summed E-state index contributed by atoms with van der Waals surface area (Å²) in [7, 11) is 0. The number of rotatable bonds is 2. The number of carbonyl (C=O) groups is 2. The van der Waals surface area contributed by atoms with Gasteiger partial charge in [0.2, 0.25) is 11.8 Å². The maximum atomic E-state index is 11.6. The molecule has 3 unspecified atom stereocenters. The number of nitrogens with one attached hydrogen (secondary N) is 2. The van der Waals surface area contributed by atoms with Gasteiger partial charge in [0, 0.05) is 12.6 Å². The van der Waals surface area contributed by atoms with E-state index in [-0.39, 0.29) is 17.9 Å². The van der Waals surface area contributed by atoms with Crippen LogP contribution in [0.3, 0.4) is 0 Å². The molecule has 90 valence electrons. The third kappa shape index (κ3) is 1.97. The lowest BCUT2D eigenvalue weighted by molar-refractivity contribution is -0.141. The van der Waals surface area contributed by atoms with E-state index in [0.29, 0.717) is 18.5 Å². The van der Waals surface area contributed by atoms with Crippen molar-refractivity contribution in [1.82, 2.24) is 15.5 Å². The van der Waals surface area contributed by atoms with Gasteiger partial charge in [-0.1, -0.05) is 13.3 Å². The molecule has 0 aromatic rings. The zero-order valence-electron chi connectivity index (χ0n) is 9.82. The fraction of sp³-hybridized carbons (Fsp3) is 0.818. The highest BCUT2D eigenvalue weighted by Crippen LogP contribution is 2.22. The van der Waals surface area contributed by atoms with E-state index in [1.807, 2.05) is 11.8 Å². The molecule has 2 saturated heterocycles. The summed E-state index contributed by atoms with van der Waals surface area (Å²) in [5.74, 6) is 0.198. The van der Waals surface area contributed by atoms with Gasteiger partial charge < -0.3 is 5.32 Å². The average molecular weight is 225 g/mol. The van der Waals surface area contributed by atoms with Crippen molar-refractivity contribution in [3.05, 3.63) is 0 Å². The fourth-order valence-corrected chi connectivity index (χ4v) is 2.66. The van der Waals surface area contributed by atoms with Crippen molar-refractivity contribution in [2.45, 2.75) is 32.4 Å². The minimum absolute atomic E-state index is 0.169. The molecule has 5 heteroatoms. The molecule has 0 bridgehead atoms. The van der Waals surface area contributed by atoms with Gasteiger partial charge in [0.05, 0.1) is 12.6 Å². The minimum Gasteiger partial charge on any atom is -0.315 e. The molecule has 0 aromatic heterocycles. The Morgan fingerprint density at radius 3 is 2.81 bits per heavy atom. The zero-order chi connectivity index (χ0) is 11.7. The summed E-state index contributed by atoms with van der Waals surface area (Å²) < 4.78 is 0. The Bertz CT molecular complexity index is 306. The Morgan fingerprint density at radius 2 is 2.12 bits per heavy atom. The highest BCUT2D eigenvalue weighted by atomic mass is 16.2. The number of hydrogen-bond donors (Lipinski definition) is 2. The van der Waals surface area contributed by atoms with E-state index in [1.165, 1.54) is 0 Å². The molecular weight excluding hydrogens is 206 g/mol. The van der Waals surface area contributed by atoms with Crippen LogP contribution in [0.2, 0.25) is 0 Å². The minimum atomic E-state index is -0.198. The van der Waals surface area contributed by atoms with Crippen LogP contribution in [0, 0.1) is 5.92 Å². The summed E-state index contributed by atoms with van der Waals surface area (Å²) in [5, 5.41) is 5.71. The first kappa shape index (κ1) is 11.5. The van der Waals surface area contributed by atoms with Gasteiger partial charge in [-0.05, 0) is 19.4 Å². The smallest absolute Gasteiger partial charge is 0.243 e. The van der Waals surface area contributed by atoms with Gasteiger partial charge in [0.25, 0.3) is 0 Å². The molecule has 2 rings (SSSR count). The largest absolute Gasteiger partial charge is 0.315 e. The molecule has 3 atom stereocenters. The predicted molar refractivity (Wildman–Crippen MR) is 59.8 cm³/mol. The standard InChI is InChI=1S/C11H19N3O2/c1-3-8-4-12-5-9(8)14-6-10(15)13-11(16)7(14)2/h7-9,12H,3-6H2,1-2H3,(H,13,15,16). The molecular formula is C11H19N3O2. The highest BCUT2D eigenvalue weighted by molar-refractivity contribution is 6.00. The Kier molecular flexibility index (Phi) is 3.25. The lowest BCUT2D eigenvalue weighted by Crippen LogP contribution is -2.61. The summed E-state index contributed by atoms with van der Waals surface area (Å²) in [4.78, 5) is 25.0. The molecule has 0 aromatic carbocycles. The van der Waals surface area contributed by atoms with Crippen LogP contribution < -0.4 is 10.6 Å². The second-order valence-corrected chi connectivity index (χ2v) is 4.65. The van der Waals surface area contributed by atoms with Crippen molar-refractivity contribution in [2.75, 3.05) is 19.6 Å². The maximum absolute atomic E-state index is 11.6. The van der Waals surface area contributed by atoms with E-state index >= 15 is 0 Å². The molecule has 2 aliphatic rings. The van der Waals surface area contributed by atoms with E-state index in [2.05, 4.69) is 17.6 Å². The Morgan fingerprint density at radius 1 is 1.38 bits per heavy atom. The van der Waals surface area contributed by atoms with Crippen molar-refractivity contribution in [2.24, 2.45) is 5.92 Å². The molecule has 0 aliphatic carbocycles. The molecule has 2 aliphatic heterocycles. The summed E-state index contributed by atoms with van der Waals surface area (Å²) in [6, 6.07) is 0.117. The quantitative estimate of drug-likeness (QED) is 0.612. The fourth-order valence-electron chi connectivity index (χ4n) is 2.66. The first-order chi connectivity index (χ1) is 7.63. The Hall–Kier alpha value is -0.940. The van der Waals surface area contributed by atoms with Crippen molar-refractivity contribution in [3.63, 3.8) is 0 Å². The van der Waals surface area contributed by atoms with E-state index in [9.17, 15) is 9.59 Å². The van der Waals surface area contributed by atoms with Gasteiger partial charge in [-0.3, -0.25) is 19.8 Å². The second kappa shape index (κ2) is 4.51. The lowest BCUT2D eigenvalue weighted by atomic mass is 9.97. The second-order valence-electron chi connectivity index (χ2n) is 4.65. The number of imide groups is 1. The van der Waals surface area contributed by atoms with Crippen LogP contribution in [-0.4, -0.2) is 48.4 Å². The van der Waals surface area contributed by atoms with Crippen molar-refractivity contribution >= 4 is 11.8 Å². The number of piperazine rings is 1. The normalized spacial score (nSPS) is 36.5. The third-order valence-corrected chi connectivity index (χ3v) is 3.72. The molecule has 2 heterocycles. The Balaban J connectivity index is 2.12. The van der Waals surface area contributed by atoms with Gasteiger partial charge >= 0.3 is 0 Å². The molecule has 0 radical (unpaired) electrons. The predicted octanol–water partition coefficient (Wildman–Crippen LogP) is -0.669. The lowest BCUT2D eigenvalue weighted by Gasteiger charge is -2.38. The van der Waals surface area contributed by atoms with Crippen LogP contribution in [0.5, 0.6) is 0 Å². The molecule has 2 fully saturated rings. The van der Waals surface area contributed by atoms with Gasteiger partial charge in [0.1, 0.15) is 0 Å². The van der Waals surface area contributed by atoms with Gasteiger partial charge in [-0.2, -0.15) is 0 Å². The van der Waals surface area contributed by atoms with Crippen LogP contribution in [0.15, 0.2) is 0 Å². The van der Waals surface area contributed by atoms with E-state index in [4.69, 9.17) is 0 Å². The number of amides is 2. The maximum Gasteiger partial charge on any atom is 0.243 e. The topological polar surface area (TPSA) is 61.4 Å². The summed E-state index contributed by atoms with van der Waals surface area (Å²) in [6.45, 7) is 6.23. The van der Waals surface area contributed by atoms with Crippen LogP contribution in [-0.2, 0) is 9.59 Å². The Labute approximate surface area is 95.6 Å². The SMILES string of the molecule is CCC1CNCC1N1CC(=O)NC(=O)C1C. The number of hydrogen-bond acceptors (Lipinski definition) is 4. The highest BCUT2D eigenvalue weighted by Gasteiger charge is 2.39. The number of nitrogens with zero attached hydrogens (tertiary/aromatic N) is 1. The summed E-state index contributed by atoms with van der Waals surface area (Å²) in [5.41, 5.74) is 0. The molecule has 0 saturated carbocycles. The van der Waals surface area contributed by atoms with Crippen LogP contribution in [0.1, 0.15) is 20.3 Å². The van der Waals surface area contributed by atoms with Crippen molar-refractivity contribution < 1.29 is 9.59 Å². The summed E-state index contributed by atoms with van der Waals surface area (Å²) >= 11 is 0. The van der Waals surface area contributed by atoms with Crippen molar-refractivity contribution in [3.8, 4) is 0 Å². The van der Waals surface area contributed by atoms with Crippen molar-refractivity contribution in [1.29, 1.82) is 0 Å². The molecule has 2 N–H and O–H groups in total. The molecule has 5 nitrogen and oxygen atoms in total. The first-order valence-corrected chi connectivity index (χ1v) is 5.93. The summed E-state index contributed by atoms with van der Waals surface area (Å²) in [6.07, 6.45) is 1.08. The van der Waals surface area contributed by atoms with Crippen LogP contribution >= 0.6 is 0 Å². The first-order valence-electron chi connectivity index (χ1n) is 5.93. The van der Waals surface area contributed by atoms with E-state index in [0.717, 1.165) is 19.5 Å². The van der Waals surface area contributed by atoms with E-state index < -0.39 is 0 Å². The van der Waals surface area contributed by atoms with Gasteiger partial charge in [-0.15, -0.1) is 0 Å². The van der Waals surface area contributed by atoms with Gasteiger partial charge in [-0.25, -0.2) is 0 Å². The third-order valence-electron chi connectivity index (χ3n) is 3.72.